The fourth-order valence-corrected chi connectivity index (χ4v) is 4.09. The zero-order valence-electron chi connectivity index (χ0n) is 19.4. The molecule has 0 heterocycles. The van der Waals surface area contributed by atoms with Crippen molar-refractivity contribution in [2.24, 2.45) is 11.7 Å². The molecule has 0 aromatic heterocycles. The van der Waals surface area contributed by atoms with Crippen LogP contribution in [0.5, 0.6) is 0 Å². The van der Waals surface area contributed by atoms with Crippen LogP contribution >= 0.6 is 0 Å². The van der Waals surface area contributed by atoms with Crippen molar-refractivity contribution in [3.8, 4) is 0 Å². The van der Waals surface area contributed by atoms with Gasteiger partial charge in [0.05, 0.1) is 0 Å². The van der Waals surface area contributed by atoms with Crippen LogP contribution in [0.15, 0.2) is 12.7 Å². The van der Waals surface area contributed by atoms with E-state index in [-0.39, 0.29) is 5.54 Å². The van der Waals surface area contributed by atoms with Gasteiger partial charge in [0.15, 0.2) is 0 Å². The van der Waals surface area contributed by atoms with E-state index in [1.807, 2.05) is 6.08 Å². The molecule has 0 rings (SSSR count). The second-order valence-electron chi connectivity index (χ2n) is 9.51. The Labute approximate surface area is 173 Å². The lowest BCUT2D eigenvalue weighted by molar-refractivity contribution is 0.353. The van der Waals surface area contributed by atoms with Gasteiger partial charge in [-0.25, -0.2) is 0 Å². The maximum absolute atomic E-state index is 6.53. The molecule has 0 aromatic carbocycles. The van der Waals surface area contributed by atoms with Crippen molar-refractivity contribution < 1.29 is 0 Å². The molecule has 0 fully saturated rings. The first-order valence-electron chi connectivity index (χ1n) is 12.4. The molecule has 0 bridgehead atoms. The van der Waals surface area contributed by atoms with Crippen molar-refractivity contribution in [3.05, 3.63) is 12.7 Å². The van der Waals surface area contributed by atoms with Crippen molar-refractivity contribution in [2.75, 3.05) is 0 Å². The highest BCUT2D eigenvalue weighted by Crippen LogP contribution is 2.22. The summed E-state index contributed by atoms with van der Waals surface area (Å²) >= 11 is 0. The van der Waals surface area contributed by atoms with E-state index in [0.717, 1.165) is 5.92 Å². The molecule has 0 saturated carbocycles. The summed E-state index contributed by atoms with van der Waals surface area (Å²) in [6.45, 7) is 10.8. The highest BCUT2D eigenvalue weighted by molar-refractivity contribution is 4.78. The molecule has 0 saturated heterocycles. The number of hydrogen-bond acceptors (Lipinski definition) is 1. The smallest absolute Gasteiger partial charge is 0.0125 e. The Morgan fingerprint density at radius 3 is 1.78 bits per heavy atom. The van der Waals surface area contributed by atoms with Crippen molar-refractivity contribution >= 4 is 0 Å². The van der Waals surface area contributed by atoms with E-state index >= 15 is 0 Å². The molecule has 0 spiro atoms. The van der Waals surface area contributed by atoms with Crippen LogP contribution in [0.25, 0.3) is 0 Å². The zero-order chi connectivity index (χ0) is 20.2. The van der Waals surface area contributed by atoms with Gasteiger partial charge in [-0.15, -0.1) is 6.58 Å². The standard InChI is InChI=1S/C26H53N/c1-5-7-9-11-13-14-15-17-21-25(3)22-18-20-24-26(4,27)23-19-16-12-10-8-6-2/h5,25H,1,6-24,27H2,2-4H3. The van der Waals surface area contributed by atoms with Crippen LogP contribution in [0.3, 0.4) is 0 Å². The summed E-state index contributed by atoms with van der Waals surface area (Å²) < 4.78 is 0. The predicted molar refractivity (Wildman–Crippen MR) is 125 cm³/mol. The van der Waals surface area contributed by atoms with Gasteiger partial charge < -0.3 is 5.73 Å². The Balaban J connectivity index is 3.46. The Morgan fingerprint density at radius 2 is 1.19 bits per heavy atom. The zero-order valence-corrected chi connectivity index (χ0v) is 19.4. The van der Waals surface area contributed by atoms with E-state index in [2.05, 4.69) is 27.4 Å². The van der Waals surface area contributed by atoms with Crippen LogP contribution in [0.1, 0.15) is 143 Å². The minimum atomic E-state index is 0.0690. The van der Waals surface area contributed by atoms with Gasteiger partial charge in [-0.3, -0.25) is 0 Å². The van der Waals surface area contributed by atoms with E-state index in [1.165, 1.54) is 122 Å². The molecule has 1 heteroatoms. The number of nitrogens with two attached hydrogens (primary N) is 1. The third kappa shape index (κ3) is 20.2. The Hall–Kier alpha value is -0.300. The van der Waals surface area contributed by atoms with Gasteiger partial charge in [-0.2, -0.15) is 0 Å². The molecule has 1 nitrogen and oxygen atoms in total. The highest BCUT2D eigenvalue weighted by atomic mass is 14.7. The molecule has 2 N–H and O–H groups in total. The lowest BCUT2D eigenvalue weighted by atomic mass is 9.88. The van der Waals surface area contributed by atoms with E-state index in [0.29, 0.717) is 0 Å². The maximum atomic E-state index is 6.53. The molecular weight excluding hydrogens is 326 g/mol. The summed E-state index contributed by atoms with van der Waals surface area (Å²) in [4.78, 5) is 0. The number of hydrogen-bond donors (Lipinski definition) is 1. The molecule has 0 aliphatic carbocycles. The average molecular weight is 380 g/mol. The second kappa shape index (κ2) is 19.0. The highest BCUT2D eigenvalue weighted by Gasteiger charge is 2.17. The summed E-state index contributed by atoms with van der Waals surface area (Å²) in [5.41, 5.74) is 6.60. The number of rotatable bonds is 21. The molecule has 162 valence electrons. The molecule has 2 atom stereocenters. The summed E-state index contributed by atoms with van der Waals surface area (Å²) in [5.74, 6) is 0.897. The van der Waals surface area contributed by atoms with Gasteiger partial charge in [-0.05, 0) is 38.5 Å². The van der Waals surface area contributed by atoms with Crippen molar-refractivity contribution in [3.63, 3.8) is 0 Å². The maximum Gasteiger partial charge on any atom is 0.0125 e. The van der Waals surface area contributed by atoms with Crippen molar-refractivity contribution in [1.82, 2.24) is 0 Å². The van der Waals surface area contributed by atoms with Gasteiger partial charge in [-0.1, -0.05) is 116 Å². The summed E-state index contributed by atoms with van der Waals surface area (Å²) in [6.07, 6.45) is 27.8. The number of unbranched alkanes of at least 4 members (excludes halogenated alkanes) is 12. The minimum Gasteiger partial charge on any atom is -0.325 e. The van der Waals surface area contributed by atoms with Crippen LogP contribution in [0.2, 0.25) is 0 Å². The van der Waals surface area contributed by atoms with Crippen LogP contribution in [-0.2, 0) is 0 Å². The molecule has 2 unspecified atom stereocenters. The van der Waals surface area contributed by atoms with Gasteiger partial charge in [0.2, 0.25) is 0 Å². The van der Waals surface area contributed by atoms with Gasteiger partial charge in [0.1, 0.15) is 0 Å². The van der Waals surface area contributed by atoms with E-state index in [1.54, 1.807) is 0 Å². The topological polar surface area (TPSA) is 26.0 Å². The lowest BCUT2D eigenvalue weighted by Gasteiger charge is -2.25. The summed E-state index contributed by atoms with van der Waals surface area (Å²) in [6, 6.07) is 0. The molecule has 0 amide bonds. The van der Waals surface area contributed by atoms with Crippen LogP contribution < -0.4 is 5.73 Å². The van der Waals surface area contributed by atoms with Gasteiger partial charge >= 0.3 is 0 Å². The summed E-state index contributed by atoms with van der Waals surface area (Å²) in [5, 5.41) is 0. The first-order valence-corrected chi connectivity index (χ1v) is 12.4. The molecular formula is C26H53N. The van der Waals surface area contributed by atoms with E-state index < -0.39 is 0 Å². The summed E-state index contributed by atoms with van der Waals surface area (Å²) in [7, 11) is 0. The SMILES string of the molecule is C=CCCCCCCCCC(C)CCCCC(C)(N)CCCCCCCC. The molecule has 27 heavy (non-hydrogen) atoms. The fourth-order valence-electron chi connectivity index (χ4n) is 4.09. The predicted octanol–water partition coefficient (Wildman–Crippen LogP) is 8.96. The quantitative estimate of drug-likeness (QED) is 0.156. The molecule has 0 aromatic rings. The van der Waals surface area contributed by atoms with Crippen LogP contribution in [0.4, 0.5) is 0 Å². The van der Waals surface area contributed by atoms with Crippen molar-refractivity contribution in [1.29, 1.82) is 0 Å². The Bertz CT molecular complexity index is 307. The third-order valence-electron chi connectivity index (χ3n) is 6.15. The monoisotopic (exact) mass is 379 g/mol. The Morgan fingerprint density at radius 1 is 0.741 bits per heavy atom. The van der Waals surface area contributed by atoms with Crippen molar-refractivity contribution in [2.45, 2.75) is 148 Å². The van der Waals surface area contributed by atoms with Crippen LogP contribution in [0, 0.1) is 5.92 Å². The van der Waals surface area contributed by atoms with Gasteiger partial charge in [0.25, 0.3) is 0 Å². The Kier molecular flexibility index (Phi) is 18.8. The lowest BCUT2D eigenvalue weighted by Crippen LogP contribution is -2.35. The number of allylic oxidation sites excluding steroid dienone is 1. The third-order valence-corrected chi connectivity index (χ3v) is 6.15. The second-order valence-corrected chi connectivity index (χ2v) is 9.51. The van der Waals surface area contributed by atoms with E-state index in [9.17, 15) is 0 Å². The fraction of sp³-hybridized carbons (Fsp3) is 0.923. The largest absolute Gasteiger partial charge is 0.325 e. The van der Waals surface area contributed by atoms with Crippen LogP contribution in [-0.4, -0.2) is 5.54 Å². The minimum absolute atomic E-state index is 0.0690. The first kappa shape index (κ1) is 26.7. The molecule has 0 radical (unpaired) electrons. The molecule has 0 aliphatic heterocycles. The van der Waals surface area contributed by atoms with E-state index in [4.69, 9.17) is 5.73 Å². The average Bonchev–Trinajstić information content (AvgIpc) is 2.64. The first-order chi connectivity index (χ1) is 13.0. The normalized spacial score (nSPS) is 14.8. The molecule has 0 aliphatic rings. The van der Waals surface area contributed by atoms with Gasteiger partial charge in [0, 0.05) is 5.54 Å².